The van der Waals surface area contributed by atoms with Crippen LogP contribution in [0, 0.1) is 0 Å². The number of carboxylic acid groups (broad SMARTS) is 1. The molecule has 9 heteroatoms. The summed E-state index contributed by atoms with van der Waals surface area (Å²) >= 11 is 1.65. The molecule has 0 aliphatic rings. The van der Waals surface area contributed by atoms with Gasteiger partial charge in [0.25, 0.3) is 0 Å². The standard InChI is InChI=1S/C24H29N5O3S/c1-3-4-5-18-28-20-21(22-17(10-11-33-22)27-23(20)25)29(18)13-16-8-6-15(7-9-16)12-26-19(14(2)30)24(31)32/h6-11,14,19,26,30H,3-5,12-13H2,1-2H3,(H2,25,27)(H,31,32). The van der Waals surface area contributed by atoms with Crippen molar-refractivity contribution >= 4 is 44.4 Å². The number of thiophene rings is 1. The summed E-state index contributed by atoms with van der Waals surface area (Å²) in [7, 11) is 0. The van der Waals surface area contributed by atoms with Gasteiger partial charge in [-0.25, -0.2) is 9.97 Å². The summed E-state index contributed by atoms with van der Waals surface area (Å²) in [5.41, 5.74) is 11.0. The number of rotatable bonds is 10. The summed E-state index contributed by atoms with van der Waals surface area (Å²) in [6.45, 7) is 4.65. The number of aryl methyl sites for hydroxylation is 1. The fraction of sp³-hybridized carbons (Fsp3) is 0.375. The Hall–Kier alpha value is -3.01. The maximum atomic E-state index is 11.3. The fourth-order valence-electron chi connectivity index (χ4n) is 3.99. The number of aliphatic hydroxyl groups excluding tert-OH is 1. The molecule has 174 valence electrons. The number of hydrogen-bond donors (Lipinski definition) is 4. The molecular weight excluding hydrogens is 438 g/mol. The Balaban J connectivity index is 1.62. The number of carboxylic acids is 1. The normalized spacial score (nSPS) is 13.5. The summed E-state index contributed by atoms with van der Waals surface area (Å²) in [6.07, 6.45) is 2.02. The second-order valence-corrected chi connectivity index (χ2v) is 9.22. The molecule has 3 aromatic heterocycles. The van der Waals surface area contributed by atoms with E-state index in [0.29, 0.717) is 18.9 Å². The average Bonchev–Trinajstić information content (AvgIpc) is 3.38. The average molecular weight is 468 g/mol. The van der Waals surface area contributed by atoms with Gasteiger partial charge in [0.15, 0.2) is 5.82 Å². The van der Waals surface area contributed by atoms with Crippen molar-refractivity contribution in [3.8, 4) is 0 Å². The van der Waals surface area contributed by atoms with Gasteiger partial charge in [-0.15, -0.1) is 11.3 Å². The topological polar surface area (TPSA) is 126 Å². The smallest absolute Gasteiger partial charge is 0.323 e. The van der Waals surface area contributed by atoms with Crippen LogP contribution in [0.25, 0.3) is 21.3 Å². The van der Waals surface area contributed by atoms with Crippen molar-refractivity contribution in [1.82, 2.24) is 19.9 Å². The van der Waals surface area contributed by atoms with E-state index in [1.165, 1.54) is 6.92 Å². The van der Waals surface area contributed by atoms with Crippen LogP contribution in [0.1, 0.15) is 43.6 Å². The van der Waals surface area contributed by atoms with Gasteiger partial charge in [0.1, 0.15) is 17.4 Å². The van der Waals surface area contributed by atoms with E-state index in [9.17, 15) is 15.0 Å². The first-order valence-electron chi connectivity index (χ1n) is 11.1. The number of nitrogens with zero attached hydrogens (tertiary/aromatic N) is 3. The summed E-state index contributed by atoms with van der Waals surface area (Å²) in [5, 5.41) is 23.8. The van der Waals surface area contributed by atoms with E-state index in [-0.39, 0.29) is 0 Å². The first-order valence-corrected chi connectivity index (χ1v) is 12.0. The Morgan fingerprint density at radius 3 is 2.61 bits per heavy atom. The number of anilines is 1. The summed E-state index contributed by atoms with van der Waals surface area (Å²) in [6, 6.07) is 9.02. The van der Waals surface area contributed by atoms with Gasteiger partial charge in [0, 0.05) is 19.5 Å². The lowest BCUT2D eigenvalue weighted by Gasteiger charge is -2.17. The zero-order valence-corrected chi connectivity index (χ0v) is 19.6. The van der Waals surface area contributed by atoms with Crippen molar-refractivity contribution in [3.63, 3.8) is 0 Å². The van der Waals surface area contributed by atoms with Gasteiger partial charge in [-0.2, -0.15) is 0 Å². The van der Waals surface area contributed by atoms with E-state index in [4.69, 9.17) is 10.7 Å². The monoisotopic (exact) mass is 467 g/mol. The highest BCUT2D eigenvalue weighted by molar-refractivity contribution is 7.18. The van der Waals surface area contributed by atoms with E-state index in [0.717, 1.165) is 57.5 Å². The Kier molecular flexibility index (Phi) is 6.92. The fourth-order valence-corrected chi connectivity index (χ4v) is 4.88. The molecule has 0 radical (unpaired) electrons. The van der Waals surface area contributed by atoms with Gasteiger partial charge in [0.2, 0.25) is 0 Å². The van der Waals surface area contributed by atoms with Crippen LogP contribution in [0.2, 0.25) is 0 Å². The van der Waals surface area contributed by atoms with Crippen LogP contribution in [0.5, 0.6) is 0 Å². The first kappa shape index (κ1) is 23.2. The number of aromatic nitrogens is 3. The van der Waals surface area contributed by atoms with Crippen LogP contribution in [-0.4, -0.2) is 42.9 Å². The molecule has 2 atom stereocenters. The van der Waals surface area contributed by atoms with Gasteiger partial charge >= 0.3 is 5.97 Å². The molecule has 0 bridgehead atoms. The van der Waals surface area contributed by atoms with E-state index in [1.807, 2.05) is 35.7 Å². The summed E-state index contributed by atoms with van der Waals surface area (Å²) in [5.74, 6) is 0.398. The lowest BCUT2D eigenvalue weighted by atomic mass is 10.1. The zero-order valence-electron chi connectivity index (χ0n) is 18.8. The largest absolute Gasteiger partial charge is 0.480 e. The lowest BCUT2D eigenvalue weighted by Crippen LogP contribution is -2.44. The molecule has 0 saturated heterocycles. The maximum absolute atomic E-state index is 11.3. The number of nitrogens with two attached hydrogens (primary N) is 1. The number of imidazole rings is 1. The first-order chi connectivity index (χ1) is 15.9. The van der Waals surface area contributed by atoms with Crippen LogP contribution >= 0.6 is 11.3 Å². The van der Waals surface area contributed by atoms with Crippen LogP contribution in [-0.2, 0) is 24.3 Å². The van der Waals surface area contributed by atoms with Crippen LogP contribution in [0.15, 0.2) is 35.7 Å². The SMILES string of the molecule is CCCCc1nc2c(N)nc3ccsc3c2n1Cc1ccc(CNC(C(=O)O)C(C)O)cc1. The summed E-state index contributed by atoms with van der Waals surface area (Å²) < 4.78 is 3.34. The van der Waals surface area contributed by atoms with Gasteiger partial charge in [-0.3, -0.25) is 10.1 Å². The number of unbranched alkanes of at least 4 members (excludes halogenated alkanes) is 1. The molecular formula is C24H29N5O3S. The van der Waals surface area contributed by atoms with E-state index in [1.54, 1.807) is 11.3 Å². The minimum atomic E-state index is -1.07. The molecule has 4 rings (SSSR count). The predicted octanol–water partition coefficient (Wildman–Crippen LogP) is 3.54. The Morgan fingerprint density at radius 1 is 1.21 bits per heavy atom. The molecule has 8 nitrogen and oxygen atoms in total. The van der Waals surface area contributed by atoms with E-state index < -0.39 is 18.1 Å². The molecule has 0 amide bonds. The molecule has 3 heterocycles. The van der Waals surface area contributed by atoms with Crippen molar-refractivity contribution in [2.45, 2.75) is 58.3 Å². The molecule has 0 spiro atoms. The van der Waals surface area contributed by atoms with Crippen molar-refractivity contribution in [2.24, 2.45) is 0 Å². The number of aliphatic carboxylic acids is 1. The maximum Gasteiger partial charge on any atom is 0.323 e. The van der Waals surface area contributed by atoms with Gasteiger partial charge in [-0.1, -0.05) is 37.6 Å². The molecule has 33 heavy (non-hydrogen) atoms. The Labute approximate surface area is 196 Å². The molecule has 0 aliphatic carbocycles. The number of benzene rings is 1. The molecule has 0 fully saturated rings. The number of aliphatic hydroxyl groups is 1. The van der Waals surface area contributed by atoms with E-state index >= 15 is 0 Å². The number of nitrogen functional groups attached to an aromatic ring is 1. The van der Waals surface area contributed by atoms with Crippen molar-refractivity contribution in [1.29, 1.82) is 0 Å². The van der Waals surface area contributed by atoms with Crippen LogP contribution in [0.4, 0.5) is 5.82 Å². The third-order valence-electron chi connectivity index (χ3n) is 5.78. The Morgan fingerprint density at radius 2 is 1.94 bits per heavy atom. The minimum absolute atomic E-state index is 0.357. The quantitative estimate of drug-likeness (QED) is 0.281. The Bertz CT molecular complexity index is 1260. The van der Waals surface area contributed by atoms with Gasteiger partial charge < -0.3 is 20.5 Å². The van der Waals surface area contributed by atoms with E-state index in [2.05, 4.69) is 21.8 Å². The highest BCUT2D eigenvalue weighted by atomic mass is 32.1. The third-order valence-corrected chi connectivity index (χ3v) is 6.69. The zero-order chi connectivity index (χ0) is 23.5. The second kappa shape index (κ2) is 9.86. The third kappa shape index (κ3) is 4.85. The van der Waals surface area contributed by atoms with Crippen LogP contribution in [0.3, 0.4) is 0 Å². The summed E-state index contributed by atoms with van der Waals surface area (Å²) in [4.78, 5) is 20.7. The van der Waals surface area contributed by atoms with Gasteiger partial charge in [-0.05, 0) is 35.9 Å². The van der Waals surface area contributed by atoms with Crippen molar-refractivity contribution in [3.05, 3.63) is 52.7 Å². The molecule has 5 N–H and O–H groups in total. The number of pyridine rings is 1. The molecule has 1 aromatic carbocycles. The highest BCUT2D eigenvalue weighted by Gasteiger charge is 2.22. The molecule has 0 aliphatic heterocycles. The number of carbonyl (C=O) groups is 1. The highest BCUT2D eigenvalue weighted by Crippen LogP contribution is 2.33. The van der Waals surface area contributed by atoms with Crippen LogP contribution < -0.4 is 11.1 Å². The molecule has 2 unspecified atom stereocenters. The predicted molar refractivity (Wildman–Crippen MR) is 131 cm³/mol. The molecule has 4 aromatic rings. The number of hydrogen-bond acceptors (Lipinski definition) is 7. The van der Waals surface area contributed by atoms with Crippen molar-refractivity contribution < 1.29 is 15.0 Å². The number of fused-ring (bicyclic) bond motifs is 3. The lowest BCUT2D eigenvalue weighted by molar-refractivity contribution is -0.142. The molecule has 0 saturated carbocycles. The minimum Gasteiger partial charge on any atom is -0.480 e. The second-order valence-electron chi connectivity index (χ2n) is 8.30. The number of nitrogens with one attached hydrogen (secondary N) is 1. The van der Waals surface area contributed by atoms with Crippen molar-refractivity contribution in [2.75, 3.05) is 5.73 Å². The van der Waals surface area contributed by atoms with Gasteiger partial charge in [0.05, 0.1) is 21.8 Å².